The Morgan fingerprint density at radius 3 is 2.35 bits per heavy atom. The SMILES string of the molecule is Cc1ccc(CNCc2c(C(=O)O)n(Cc3cc(C)ccc3C)c3ccccc23)cc1. The lowest BCUT2D eigenvalue weighted by Crippen LogP contribution is -2.17. The second kappa shape index (κ2) is 8.78. The van der Waals surface area contributed by atoms with Crippen molar-refractivity contribution >= 4 is 16.9 Å². The van der Waals surface area contributed by atoms with Crippen molar-refractivity contribution in [1.29, 1.82) is 0 Å². The number of hydrogen-bond donors (Lipinski definition) is 2. The van der Waals surface area contributed by atoms with Gasteiger partial charge in [0.25, 0.3) is 0 Å². The maximum absolute atomic E-state index is 12.4. The first-order chi connectivity index (χ1) is 14.9. The average molecular weight is 413 g/mol. The number of aryl methyl sites for hydroxylation is 3. The zero-order valence-corrected chi connectivity index (χ0v) is 18.3. The van der Waals surface area contributed by atoms with Gasteiger partial charge in [-0.3, -0.25) is 0 Å². The smallest absolute Gasteiger partial charge is 0.352 e. The minimum atomic E-state index is -0.895. The Labute approximate surface area is 183 Å². The van der Waals surface area contributed by atoms with Crippen LogP contribution in [0.4, 0.5) is 0 Å². The van der Waals surface area contributed by atoms with Crippen molar-refractivity contribution in [3.63, 3.8) is 0 Å². The fraction of sp³-hybridized carbons (Fsp3) is 0.222. The molecule has 0 saturated heterocycles. The molecule has 4 nitrogen and oxygen atoms in total. The monoisotopic (exact) mass is 412 g/mol. The van der Waals surface area contributed by atoms with Gasteiger partial charge in [-0.2, -0.15) is 0 Å². The summed E-state index contributed by atoms with van der Waals surface area (Å²) >= 11 is 0. The minimum Gasteiger partial charge on any atom is -0.477 e. The lowest BCUT2D eigenvalue weighted by molar-refractivity contribution is 0.0684. The van der Waals surface area contributed by atoms with Crippen LogP contribution in [0.25, 0.3) is 10.9 Å². The van der Waals surface area contributed by atoms with Crippen LogP contribution in [0.2, 0.25) is 0 Å². The van der Waals surface area contributed by atoms with Gasteiger partial charge >= 0.3 is 5.97 Å². The first kappa shape index (κ1) is 20.9. The van der Waals surface area contributed by atoms with E-state index < -0.39 is 5.97 Å². The summed E-state index contributed by atoms with van der Waals surface area (Å²) in [7, 11) is 0. The van der Waals surface area contributed by atoms with Crippen molar-refractivity contribution in [3.05, 3.63) is 106 Å². The molecule has 4 heteroatoms. The van der Waals surface area contributed by atoms with Crippen LogP contribution in [-0.2, 0) is 19.6 Å². The summed E-state index contributed by atoms with van der Waals surface area (Å²) in [5.41, 5.74) is 8.04. The molecule has 1 aromatic heterocycles. The summed E-state index contributed by atoms with van der Waals surface area (Å²) in [6.07, 6.45) is 0. The summed E-state index contributed by atoms with van der Waals surface area (Å²) in [5, 5.41) is 14.6. The number of nitrogens with one attached hydrogen (secondary N) is 1. The van der Waals surface area contributed by atoms with Crippen molar-refractivity contribution in [1.82, 2.24) is 9.88 Å². The van der Waals surface area contributed by atoms with Crippen LogP contribution in [0.5, 0.6) is 0 Å². The van der Waals surface area contributed by atoms with Crippen LogP contribution in [0, 0.1) is 20.8 Å². The molecule has 0 saturated carbocycles. The Morgan fingerprint density at radius 2 is 1.61 bits per heavy atom. The van der Waals surface area contributed by atoms with E-state index in [4.69, 9.17) is 0 Å². The van der Waals surface area contributed by atoms with E-state index >= 15 is 0 Å². The molecule has 0 atom stereocenters. The van der Waals surface area contributed by atoms with Crippen molar-refractivity contribution in [3.8, 4) is 0 Å². The maximum atomic E-state index is 12.4. The van der Waals surface area contributed by atoms with Crippen molar-refractivity contribution in [2.75, 3.05) is 0 Å². The number of carboxylic acid groups (broad SMARTS) is 1. The van der Waals surface area contributed by atoms with Crippen molar-refractivity contribution in [2.24, 2.45) is 0 Å². The summed E-state index contributed by atoms with van der Waals surface area (Å²) < 4.78 is 1.95. The number of carbonyl (C=O) groups is 1. The van der Waals surface area contributed by atoms with Gasteiger partial charge in [-0.15, -0.1) is 0 Å². The number of carboxylic acids is 1. The van der Waals surface area contributed by atoms with Gasteiger partial charge in [0.1, 0.15) is 5.69 Å². The van der Waals surface area contributed by atoms with Gasteiger partial charge in [-0.05, 0) is 43.5 Å². The molecule has 4 aromatic rings. The van der Waals surface area contributed by atoms with E-state index in [1.807, 2.05) is 28.8 Å². The molecule has 2 N–H and O–H groups in total. The van der Waals surface area contributed by atoms with Crippen LogP contribution >= 0.6 is 0 Å². The normalized spacial score (nSPS) is 11.2. The summed E-state index contributed by atoms with van der Waals surface area (Å²) in [5.74, 6) is -0.895. The lowest BCUT2D eigenvalue weighted by atomic mass is 10.1. The molecule has 1 heterocycles. The van der Waals surface area contributed by atoms with Gasteiger partial charge in [0.15, 0.2) is 0 Å². The van der Waals surface area contributed by atoms with Crippen molar-refractivity contribution < 1.29 is 9.90 Å². The molecular formula is C27H28N2O2. The van der Waals surface area contributed by atoms with E-state index in [2.05, 4.69) is 68.6 Å². The third-order valence-corrected chi connectivity index (χ3v) is 5.86. The quantitative estimate of drug-likeness (QED) is 0.415. The molecule has 0 radical (unpaired) electrons. The van der Waals surface area contributed by atoms with Crippen LogP contribution < -0.4 is 5.32 Å². The van der Waals surface area contributed by atoms with Crippen LogP contribution in [-0.4, -0.2) is 15.6 Å². The van der Waals surface area contributed by atoms with Crippen LogP contribution in [0.1, 0.15) is 43.9 Å². The summed E-state index contributed by atoms with van der Waals surface area (Å²) in [4.78, 5) is 12.4. The largest absolute Gasteiger partial charge is 0.477 e. The molecular weight excluding hydrogens is 384 g/mol. The Hall–Kier alpha value is -3.37. The number of hydrogen-bond acceptors (Lipinski definition) is 2. The highest BCUT2D eigenvalue weighted by atomic mass is 16.4. The second-order valence-corrected chi connectivity index (χ2v) is 8.25. The van der Waals surface area contributed by atoms with Gasteiger partial charge in [0.05, 0.1) is 0 Å². The molecule has 0 aliphatic rings. The van der Waals surface area contributed by atoms with E-state index in [0.717, 1.165) is 22.0 Å². The summed E-state index contributed by atoms with van der Waals surface area (Å²) in [6.45, 7) is 7.93. The molecule has 0 unspecified atom stereocenters. The lowest BCUT2D eigenvalue weighted by Gasteiger charge is -2.13. The van der Waals surface area contributed by atoms with Gasteiger partial charge in [0.2, 0.25) is 0 Å². The van der Waals surface area contributed by atoms with Crippen LogP contribution in [0.3, 0.4) is 0 Å². The van der Waals surface area contributed by atoms with Gasteiger partial charge in [0, 0.05) is 36.1 Å². The average Bonchev–Trinajstić information content (AvgIpc) is 3.06. The standard InChI is InChI=1S/C27H28N2O2/c1-18-9-12-21(13-10-18)15-28-16-24-23-6-4-5-7-25(23)29(26(24)27(30)31)17-22-14-19(2)8-11-20(22)3/h4-14,28H,15-17H2,1-3H3,(H,30,31). The second-order valence-electron chi connectivity index (χ2n) is 8.25. The minimum absolute atomic E-state index is 0.360. The molecule has 0 amide bonds. The van der Waals surface area contributed by atoms with E-state index in [1.165, 1.54) is 22.3 Å². The molecule has 31 heavy (non-hydrogen) atoms. The number of aromatic nitrogens is 1. The molecule has 0 aliphatic carbocycles. The zero-order chi connectivity index (χ0) is 22.0. The number of aromatic carboxylic acids is 1. The van der Waals surface area contributed by atoms with E-state index in [-0.39, 0.29) is 0 Å². The predicted molar refractivity (Wildman–Crippen MR) is 126 cm³/mol. The van der Waals surface area contributed by atoms with Gasteiger partial charge in [-0.1, -0.05) is 71.8 Å². The maximum Gasteiger partial charge on any atom is 0.352 e. The van der Waals surface area contributed by atoms with E-state index in [1.54, 1.807) is 0 Å². The molecule has 4 rings (SSSR count). The molecule has 0 fully saturated rings. The zero-order valence-electron chi connectivity index (χ0n) is 18.3. The molecule has 3 aromatic carbocycles. The highest BCUT2D eigenvalue weighted by Crippen LogP contribution is 2.28. The number of fused-ring (bicyclic) bond motifs is 1. The van der Waals surface area contributed by atoms with E-state index in [9.17, 15) is 9.90 Å². The van der Waals surface area contributed by atoms with Gasteiger partial charge in [-0.25, -0.2) is 4.79 Å². The highest BCUT2D eigenvalue weighted by Gasteiger charge is 2.22. The number of nitrogens with zero attached hydrogens (tertiary/aromatic N) is 1. The van der Waals surface area contributed by atoms with Gasteiger partial charge < -0.3 is 15.0 Å². The number of benzene rings is 3. The Kier molecular flexibility index (Phi) is 5.92. The topological polar surface area (TPSA) is 54.3 Å². The molecule has 0 spiro atoms. The summed E-state index contributed by atoms with van der Waals surface area (Å²) in [6, 6.07) is 22.7. The fourth-order valence-electron chi connectivity index (χ4n) is 4.14. The predicted octanol–water partition coefficient (Wildman–Crippen LogP) is 5.60. The Morgan fingerprint density at radius 1 is 0.903 bits per heavy atom. The third kappa shape index (κ3) is 4.39. The molecule has 158 valence electrons. The number of para-hydroxylation sites is 1. The molecule has 0 bridgehead atoms. The highest BCUT2D eigenvalue weighted by molar-refractivity contribution is 5.98. The van der Waals surface area contributed by atoms with E-state index in [0.29, 0.717) is 25.3 Å². The third-order valence-electron chi connectivity index (χ3n) is 5.86. The Bertz CT molecular complexity index is 1240. The number of rotatable bonds is 7. The fourth-order valence-corrected chi connectivity index (χ4v) is 4.14. The van der Waals surface area contributed by atoms with Crippen LogP contribution in [0.15, 0.2) is 66.7 Å². The van der Waals surface area contributed by atoms with Crippen molar-refractivity contribution in [2.45, 2.75) is 40.4 Å². The first-order valence-electron chi connectivity index (χ1n) is 10.6. The Balaban J connectivity index is 1.71. The molecule has 0 aliphatic heterocycles. The first-order valence-corrected chi connectivity index (χ1v) is 10.6.